The van der Waals surface area contributed by atoms with E-state index in [1.807, 2.05) is 19.1 Å². The van der Waals surface area contributed by atoms with Crippen LogP contribution in [0.1, 0.15) is 63.7 Å². The highest BCUT2D eigenvalue weighted by molar-refractivity contribution is 5.89. The van der Waals surface area contributed by atoms with Crippen molar-refractivity contribution >= 4 is 23.5 Å². The summed E-state index contributed by atoms with van der Waals surface area (Å²) in [5.41, 5.74) is 3.76. The number of hydrogen-bond donors (Lipinski definition) is 0. The number of carbonyl (C=O) groups is 2. The number of aromatic nitrogens is 1. The lowest BCUT2D eigenvalue weighted by atomic mass is 9.82. The average Bonchev–Trinajstić information content (AvgIpc) is 3.28. The number of methoxy groups -OCH3 is 2. The maximum Gasteiger partial charge on any atom is 0.411 e. The standard InChI is InChI=1S/C35H34F3N3O5/c1-19-12-21(34(42)45-4)6-7-25(19)27-16-28(31(44-3)17-29(27)38)26-8-9-32(40-10-5-11-40)39-30(26)18-41-20(2)33(46-35(41)43)22-13-23(36)15-24(37)14-22/h6-9,12-17,20,27,29,33H,5,10-11,18H2,1-4H3/t20-,27?,29?,33-/m0/s1. The third-order valence-corrected chi connectivity index (χ3v) is 8.89. The van der Waals surface area contributed by atoms with Crippen LogP contribution < -0.4 is 4.90 Å². The minimum absolute atomic E-state index is 0.0240. The molecule has 2 saturated heterocycles. The van der Waals surface area contributed by atoms with Gasteiger partial charge in [0.05, 0.1) is 38.1 Å². The Balaban J connectivity index is 1.39. The van der Waals surface area contributed by atoms with Gasteiger partial charge in [-0.05, 0) is 73.9 Å². The van der Waals surface area contributed by atoms with E-state index < -0.39 is 47.9 Å². The van der Waals surface area contributed by atoms with E-state index in [0.717, 1.165) is 49.1 Å². The van der Waals surface area contributed by atoms with Crippen molar-refractivity contribution in [2.75, 3.05) is 32.2 Å². The summed E-state index contributed by atoms with van der Waals surface area (Å²) in [5, 5.41) is 0. The van der Waals surface area contributed by atoms with E-state index in [1.54, 1.807) is 31.2 Å². The molecule has 0 N–H and O–H groups in total. The van der Waals surface area contributed by atoms with Crippen molar-refractivity contribution in [1.29, 1.82) is 0 Å². The van der Waals surface area contributed by atoms with Gasteiger partial charge in [0.1, 0.15) is 35.5 Å². The molecule has 4 atom stereocenters. The molecule has 1 aliphatic carbocycles. The average molecular weight is 634 g/mol. The minimum Gasteiger partial charge on any atom is -0.496 e. The molecule has 6 rings (SSSR count). The number of ether oxygens (including phenoxy) is 3. The van der Waals surface area contributed by atoms with E-state index in [0.29, 0.717) is 33.7 Å². The lowest BCUT2D eigenvalue weighted by Gasteiger charge is -2.33. The molecule has 2 unspecified atom stereocenters. The summed E-state index contributed by atoms with van der Waals surface area (Å²) >= 11 is 0. The van der Waals surface area contributed by atoms with Crippen LogP contribution in [0.4, 0.5) is 23.8 Å². The van der Waals surface area contributed by atoms with Crippen molar-refractivity contribution in [2.45, 2.75) is 51.0 Å². The molecule has 1 amide bonds. The van der Waals surface area contributed by atoms with E-state index in [-0.39, 0.29) is 12.1 Å². The fourth-order valence-electron chi connectivity index (χ4n) is 6.29. The van der Waals surface area contributed by atoms with Gasteiger partial charge in [-0.15, -0.1) is 0 Å². The van der Waals surface area contributed by atoms with Crippen LogP contribution >= 0.6 is 0 Å². The molecule has 2 aromatic carbocycles. The SMILES string of the molecule is COC(=O)c1ccc(C2C=C(c3ccc(N4CCC4)nc3CN3C(=O)O[C@H](c4cc(F)cc(F)c4)[C@@H]3C)C(OC)=CC2F)c(C)c1. The van der Waals surface area contributed by atoms with Gasteiger partial charge in [0.15, 0.2) is 0 Å². The number of pyridine rings is 1. The van der Waals surface area contributed by atoms with E-state index in [9.17, 15) is 18.4 Å². The van der Waals surface area contributed by atoms with Crippen molar-refractivity contribution in [1.82, 2.24) is 9.88 Å². The molecule has 3 heterocycles. The maximum absolute atomic E-state index is 15.7. The molecular formula is C35H34F3N3O5. The first kappa shape index (κ1) is 31.2. The van der Waals surface area contributed by atoms with Crippen LogP contribution in [0.15, 0.2) is 66.4 Å². The highest BCUT2D eigenvalue weighted by Crippen LogP contribution is 2.41. The number of halogens is 3. The molecule has 46 heavy (non-hydrogen) atoms. The van der Waals surface area contributed by atoms with Gasteiger partial charge >= 0.3 is 12.1 Å². The molecule has 0 radical (unpaired) electrons. The monoisotopic (exact) mass is 633 g/mol. The highest BCUT2D eigenvalue weighted by Gasteiger charge is 2.41. The van der Waals surface area contributed by atoms with Crippen LogP contribution in [-0.4, -0.2) is 61.5 Å². The first-order valence-corrected chi connectivity index (χ1v) is 15.1. The largest absolute Gasteiger partial charge is 0.496 e. The number of benzene rings is 2. The van der Waals surface area contributed by atoms with Crippen LogP contribution in [0.25, 0.3) is 5.57 Å². The van der Waals surface area contributed by atoms with Crippen molar-refractivity contribution in [3.8, 4) is 0 Å². The van der Waals surface area contributed by atoms with Gasteiger partial charge in [0, 0.05) is 41.8 Å². The summed E-state index contributed by atoms with van der Waals surface area (Å²) < 4.78 is 59.9. The Morgan fingerprint density at radius 3 is 2.41 bits per heavy atom. The fourth-order valence-corrected chi connectivity index (χ4v) is 6.29. The Morgan fingerprint density at radius 2 is 1.78 bits per heavy atom. The molecule has 11 heteroatoms. The lowest BCUT2D eigenvalue weighted by Crippen LogP contribution is -2.38. The Kier molecular flexibility index (Phi) is 8.50. The molecule has 3 aromatic rings. The zero-order chi connectivity index (χ0) is 32.7. The van der Waals surface area contributed by atoms with Crippen LogP contribution in [0.3, 0.4) is 0 Å². The summed E-state index contributed by atoms with van der Waals surface area (Å²) in [6.45, 7) is 5.28. The van der Waals surface area contributed by atoms with Crippen LogP contribution in [0, 0.1) is 18.6 Å². The molecule has 2 aliphatic heterocycles. The van der Waals surface area contributed by atoms with Gasteiger partial charge in [-0.2, -0.15) is 0 Å². The topological polar surface area (TPSA) is 81.2 Å². The van der Waals surface area contributed by atoms with Crippen LogP contribution in [-0.2, 0) is 20.8 Å². The number of hydrogen-bond acceptors (Lipinski definition) is 7. The van der Waals surface area contributed by atoms with Gasteiger partial charge in [0.2, 0.25) is 0 Å². The first-order chi connectivity index (χ1) is 22.1. The van der Waals surface area contributed by atoms with E-state index in [1.165, 1.54) is 25.2 Å². The van der Waals surface area contributed by atoms with E-state index >= 15 is 4.39 Å². The summed E-state index contributed by atoms with van der Waals surface area (Å²) in [5.74, 6) is -1.65. The first-order valence-electron chi connectivity index (χ1n) is 15.1. The number of allylic oxidation sites excluding steroid dienone is 3. The zero-order valence-electron chi connectivity index (χ0n) is 25.9. The van der Waals surface area contributed by atoms with Gasteiger partial charge in [-0.25, -0.2) is 27.7 Å². The summed E-state index contributed by atoms with van der Waals surface area (Å²) in [6, 6.07) is 11.3. The summed E-state index contributed by atoms with van der Waals surface area (Å²) in [7, 11) is 2.77. The molecule has 3 aliphatic rings. The second-order valence-electron chi connectivity index (χ2n) is 11.7. The minimum atomic E-state index is -1.42. The number of esters is 1. The summed E-state index contributed by atoms with van der Waals surface area (Å²) in [6.07, 6.45) is 1.29. The number of amides is 1. The highest BCUT2D eigenvalue weighted by atomic mass is 19.1. The van der Waals surface area contributed by atoms with Crippen molar-refractivity contribution in [2.24, 2.45) is 0 Å². The lowest BCUT2D eigenvalue weighted by molar-refractivity contribution is 0.0600. The Morgan fingerprint density at radius 1 is 1.04 bits per heavy atom. The van der Waals surface area contributed by atoms with Crippen molar-refractivity contribution in [3.05, 3.63) is 112 Å². The number of alkyl halides is 1. The maximum atomic E-state index is 15.7. The fraction of sp³-hybridized carbons (Fsp3) is 0.343. The molecular weight excluding hydrogens is 599 g/mol. The number of cyclic esters (lactones) is 1. The number of carbonyl (C=O) groups excluding carboxylic acids is 2. The van der Waals surface area contributed by atoms with E-state index in [4.69, 9.17) is 19.2 Å². The third kappa shape index (κ3) is 5.81. The Hall–Kier alpha value is -4.80. The quantitative estimate of drug-likeness (QED) is 0.253. The Bertz CT molecular complexity index is 1730. The molecule has 240 valence electrons. The molecule has 0 saturated carbocycles. The number of rotatable bonds is 8. The zero-order valence-corrected chi connectivity index (χ0v) is 25.9. The van der Waals surface area contributed by atoms with Crippen LogP contribution in [0.5, 0.6) is 0 Å². The molecule has 8 nitrogen and oxygen atoms in total. The number of nitrogens with zero attached hydrogens (tertiary/aromatic N) is 3. The smallest absolute Gasteiger partial charge is 0.411 e. The number of anilines is 1. The van der Waals surface area contributed by atoms with Gasteiger partial charge in [-0.3, -0.25) is 4.90 Å². The van der Waals surface area contributed by atoms with Gasteiger partial charge in [0.25, 0.3) is 0 Å². The normalized spacial score (nSPS) is 22.5. The number of aryl methyl sites for hydroxylation is 1. The van der Waals surface area contributed by atoms with Gasteiger partial charge in [-0.1, -0.05) is 12.1 Å². The summed E-state index contributed by atoms with van der Waals surface area (Å²) in [4.78, 5) is 33.8. The second-order valence-corrected chi connectivity index (χ2v) is 11.7. The van der Waals surface area contributed by atoms with Crippen LogP contribution in [0.2, 0.25) is 0 Å². The predicted molar refractivity (Wildman–Crippen MR) is 165 cm³/mol. The molecule has 1 aromatic heterocycles. The van der Waals surface area contributed by atoms with E-state index in [2.05, 4.69) is 4.90 Å². The molecule has 2 fully saturated rings. The third-order valence-electron chi connectivity index (χ3n) is 8.89. The van der Waals surface area contributed by atoms with Gasteiger partial charge < -0.3 is 19.1 Å². The molecule has 0 bridgehead atoms. The second kappa shape index (κ2) is 12.5. The Labute approximate surface area is 265 Å². The van der Waals surface area contributed by atoms with Crippen molar-refractivity contribution < 1.29 is 37.0 Å². The van der Waals surface area contributed by atoms with Crippen molar-refractivity contribution in [3.63, 3.8) is 0 Å². The molecule has 0 spiro atoms. The predicted octanol–water partition coefficient (Wildman–Crippen LogP) is 6.80.